The summed E-state index contributed by atoms with van der Waals surface area (Å²) in [5, 5.41) is 2.93. The summed E-state index contributed by atoms with van der Waals surface area (Å²) in [6, 6.07) is 16.6. The van der Waals surface area contributed by atoms with E-state index < -0.39 is 10.0 Å². The number of sulfonamides is 1. The van der Waals surface area contributed by atoms with Gasteiger partial charge in [0.25, 0.3) is 10.0 Å². The van der Waals surface area contributed by atoms with E-state index in [-0.39, 0.29) is 16.5 Å². The van der Waals surface area contributed by atoms with Crippen LogP contribution < -0.4 is 10.0 Å². The monoisotopic (exact) mass is 470 g/mol. The van der Waals surface area contributed by atoms with Crippen LogP contribution in [0.2, 0.25) is 4.34 Å². The summed E-state index contributed by atoms with van der Waals surface area (Å²) >= 11 is 7.03. The van der Waals surface area contributed by atoms with Gasteiger partial charge in [0.15, 0.2) is 11.6 Å². The van der Waals surface area contributed by atoms with Crippen LogP contribution in [-0.4, -0.2) is 24.2 Å². The number of carbonyl (C=O) groups is 1. The number of fused-ring (bicyclic) bond motifs is 1. The van der Waals surface area contributed by atoms with Crippen molar-refractivity contribution in [3.63, 3.8) is 0 Å². The fourth-order valence-corrected chi connectivity index (χ4v) is 4.62. The number of nitrogens with zero attached hydrogens (tertiary/aromatic N) is 2. The lowest BCUT2D eigenvalue weighted by atomic mass is 10.3. The van der Waals surface area contributed by atoms with Crippen molar-refractivity contribution in [1.82, 2.24) is 9.97 Å². The van der Waals surface area contributed by atoms with Crippen molar-refractivity contribution in [2.45, 2.75) is 4.90 Å². The van der Waals surface area contributed by atoms with Gasteiger partial charge in [-0.2, -0.15) is 0 Å². The van der Waals surface area contributed by atoms with Crippen molar-refractivity contribution in [2.24, 2.45) is 0 Å². The van der Waals surface area contributed by atoms with Gasteiger partial charge in [0.2, 0.25) is 0 Å². The van der Waals surface area contributed by atoms with Gasteiger partial charge in [0, 0.05) is 18.0 Å². The molecule has 0 aliphatic heterocycles. The fourth-order valence-electron chi connectivity index (χ4n) is 2.68. The number of nitrogens with one attached hydrogen (secondary N) is 2. The summed E-state index contributed by atoms with van der Waals surface area (Å²) in [4.78, 5) is 21.1. The molecule has 7 nitrogen and oxygen atoms in total. The highest BCUT2D eigenvalue weighted by Crippen LogP contribution is 2.22. The van der Waals surface area contributed by atoms with E-state index in [1.165, 1.54) is 41.9 Å². The predicted molar refractivity (Wildman–Crippen MR) is 123 cm³/mol. The van der Waals surface area contributed by atoms with Crippen molar-refractivity contribution in [1.29, 1.82) is 0 Å². The van der Waals surface area contributed by atoms with Gasteiger partial charge in [-0.3, -0.25) is 14.5 Å². The molecule has 0 bridgehead atoms. The molecule has 0 radical (unpaired) electrons. The normalized spacial score (nSPS) is 11.6. The molecule has 156 valence electrons. The number of ketones is 1. The first-order valence-corrected chi connectivity index (χ1v) is 11.7. The van der Waals surface area contributed by atoms with Gasteiger partial charge in [0.1, 0.15) is 0 Å². The summed E-state index contributed by atoms with van der Waals surface area (Å²) in [5.41, 5.74) is 1.89. The van der Waals surface area contributed by atoms with Crippen LogP contribution in [-0.2, 0) is 10.0 Å². The Labute approximate surface area is 187 Å². The minimum Gasteiger partial charge on any atom is -0.362 e. The van der Waals surface area contributed by atoms with E-state index in [0.717, 1.165) is 0 Å². The molecule has 0 saturated carbocycles. The molecule has 0 fully saturated rings. The number of hydrogen-bond donors (Lipinski definition) is 2. The Kier molecular flexibility index (Phi) is 5.99. The minimum atomic E-state index is -3.83. The summed E-state index contributed by atoms with van der Waals surface area (Å²) in [7, 11) is -3.83. The molecule has 4 aromatic rings. The lowest BCUT2D eigenvalue weighted by Gasteiger charge is -2.08. The van der Waals surface area contributed by atoms with E-state index in [9.17, 15) is 13.2 Å². The van der Waals surface area contributed by atoms with Crippen LogP contribution in [0.4, 0.5) is 11.5 Å². The number of rotatable bonds is 7. The molecule has 0 spiro atoms. The quantitative estimate of drug-likeness (QED) is 0.292. The number of carbonyl (C=O) groups excluding carboxylic acids is 1. The van der Waals surface area contributed by atoms with Gasteiger partial charge in [-0.25, -0.2) is 13.4 Å². The maximum atomic E-state index is 12.6. The summed E-state index contributed by atoms with van der Waals surface area (Å²) in [5.74, 6) is -0.0414. The number of anilines is 2. The fraction of sp³-hybridized carbons (Fsp3) is 0. The Morgan fingerprint density at radius 1 is 1.00 bits per heavy atom. The second kappa shape index (κ2) is 8.84. The molecular weight excluding hydrogens is 456 g/mol. The topological polar surface area (TPSA) is 101 Å². The Morgan fingerprint density at radius 3 is 2.45 bits per heavy atom. The average Bonchev–Trinajstić information content (AvgIpc) is 3.20. The van der Waals surface area contributed by atoms with E-state index in [1.54, 1.807) is 42.5 Å². The van der Waals surface area contributed by atoms with Crippen LogP contribution in [0.3, 0.4) is 0 Å². The van der Waals surface area contributed by atoms with Crippen molar-refractivity contribution in [3.05, 3.63) is 88.3 Å². The zero-order valence-corrected chi connectivity index (χ0v) is 18.2. The van der Waals surface area contributed by atoms with Crippen LogP contribution in [0, 0.1) is 0 Å². The highest BCUT2D eigenvalue weighted by Gasteiger charge is 2.15. The molecule has 0 saturated heterocycles. The van der Waals surface area contributed by atoms with E-state index in [0.29, 0.717) is 25.9 Å². The third kappa shape index (κ3) is 5.08. The second-order valence-electron chi connectivity index (χ2n) is 6.32. The van der Waals surface area contributed by atoms with Gasteiger partial charge < -0.3 is 5.32 Å². The molecule has 2 aromatic carbocycles. The maximum absolute atomic E-state index is 12.6. The highest BCUT2D eigenvalue weighted by molar-refractivity contribution is 7.92. The highest BCUT2D eigenvalue weighted by atomic mass is 35.5. The molecule has 0 aliphatic rings. The minimum absolute atomic E-state index is 0.0706. The summed E-state index contributed by atoms with van der Waals surface area (Å²) in [6.45, 7) is 0. The molecule has 2 N–H and O–H groups in total. The molecule has 0 atom stereocenters. The molecule has 2 heterocycles. The predicted octanol–water partition coefficient (Wildman–Crippen LogP) is 4.95. The molecule has 2 aromatic heterocycles. The molecule has 0 unspecified atom stereocenters. The zero-order valence-electron chi connectivity index (χ0n) is 15.8. The van der Waals surface area contributed by atoms with Gasteiger partial charge in [-0.05, 0) is 48.5 Å². The van der Waals surface area contributed by atoms with Crippen molar-refractivity contribution in [3.8, 4) is 0 Å². The second-order valence-corrected chi connectivity index (χ2v) is 9.72. The van der Waals surface area contributed by atoms with Crippen LogP contribution in [0.15, 0.2) is 84.0 Å². The molecule has 10 heteroatoms. The average molecular weight is 471 g/mol. The number of hydrogen-bond acceptors (Lipinski definition) is 7. The van der Waals surface area contributed by atoms with Crippen molar-refractivity contribution >= 4 is 61.3 Å². The third-order valence-electron chi connectivity index (χ3n) is 4.15. The first kappa shape index (κ1) is 21.0. The lowest BCUT2D eigenvalue weighted by Crippen LogP contribution is -2.14. The van der Waals surface area contributed by atoms with Gasteiger partial charge in [0.05, 0.1) is 31.3 Å². The molecule has 0 amide bonds. The standard InChI is InChI=1S/C21H15ClN4O3S2/c22-20-10-9-19(30-20)18(27)11-12-23-14-5-7-15(8-6-14)31(28,29)26-21-13-24-16-3-1-2-4-17(16)25-21/h1-13,23H,(H,25,26)/b12-11+. The number of halogens is 1. The van der Waals surface area contributed by atoms with Gasteiger partial charge in [-0.1, -0.05) is 23.7 Å². The number of aromatic nitrogens is 2. The molecular formula is C21H15ClN4O3S2. The van der Waals surface area contributed by atoms with Gasteiger partial charge >= 0.3 is 0 Å². The van der Waals surface area contributed by atoms with E-state index >= 15 is 0 Å². The number of benzene rings is 2. The third-order valence-corrected chi connectivity index (χ3v) is 6.77. The zero-order chi connectivity index (χ0) is 21.8. The Balaban J connectivity index is 1.42. The van der Waals surface area contributed by atoms with E-state index in [1.807, 2.05) is 6.07 Å². The maximum Gasteiger partial charge on any atom is 0.263 e. The van der Waals surface area contributed by atoms with Crippen LogP contribution in [0.5, 0.6) is 0 Å². The van der Waals surface area contributed by atoms with Crippen LogP contribution >= 0.6 is 22.9 Å². The summed E-state index contributed by atoms with van der Waals surface area (Å²) < 4.78 is 28.3. The Hall–Kier alpha value is -3.27. The van der Waals surface area contributed by atoms with E-state index in [4.69, 9.17) is 11.6 Å². The Bertz CT molecular complexity index is 1380. The first-order chi connectivity index (χ1) is 14.9. The van der Waals surface area contributed by atoms with Gasteiger partial charge in [-0.15, -0.1) is 11.3 Å². The SMILES string of the molecule is O=C(/C=C/Nc1ccc(S(=O)(=O)Nc2cnc3ccccc3n2)cc1)c1ccc(Cl)s1. The lowest BCUT2D eigenvalue weighted by molar-refractivity contribution is 0.105. The number of para-hydroxylation sites is 2. The van der Waals surface area contributed by atoms with Crippen molar-refractivity contribution in [2.75, 3.05) is 10.0 Å². The number of allylic oxidation sites excluding steroid dienone is 1. The molecule has 31 heavy (non-hydrogen) atoms. The molecule has 0 aliphatic carbocycles. The van der Waals surface area contributed by atoms with Crippen molar-refractivity contribution < 1.29 is 13.2 Å². The first-order valence-electron chi connectivity index (χ1n) is 8.98. The Morgan fingerprint density at radius 2 is 1.74 bits per heavy atom. The smallest absolute Gasteiger partial charge is 0.263 e. The molecule has 4 rings (SSSR count). The largest absolute Gasteiger partial charge is 0.362 e. The number of thiophene rings is 1. The van der Waals surface area contributed by atoms with E-state index in [2.05, 4.69) is 20.0 Å². The summed E-state index contributed by atoms with van der Waals surface area (Å²) in [6.07, 6.45) is 4.24. The van der Waals surface area contributed by atoms with Crippen LogP contribution in [0.1, 0.15) is 9.67 Å². The van der Waals surface area contributed by atoms with Crippen LogP contribution in [0.25, 0.3) is 11.0 Å².